The van der Waals surface area contributed by atoms with Gasteiger partial charge in [-0.3, -0.25) is 0 Å². The smallest absolute Gasteiger partial charge is 0.221 e. The van der Waals surface area contributed by atoms with E-state index in [-0.39, 0.29) is 11.0 Å². The van der Waals surface area contributed by atoms with Gasteiger partial charge in [-0.25, -0.2) is 13.8 Å². The Morgan fingerprint density at radius 1 is 1.15 bits per heavy atom. The van der Waals surface area contributed by atoms with E-state index in [1.165, 1.54) is 23.9 Å². The molecule has 3 rings (SSSR count). The lowest BCUT2D eigenvalue weighted by Gasteiger charge is -2.16. The zero-order chi connectivity index (χ0) is 18.4. The number of halogens is 2. The minimum absolute atomic E-state index is 0.104. The topological polar surface area (TPSA) is 22.1 Å². The van der Waals surface area contributed by atoms with Gasteiger partial charge in [0.1, 0.15) is 17.7 Å². The van der Waals surface area contributed by atoms with E-state index in [0.717, 1.165) is 50.7 Å². The second kappa shape index (κ2) is 9.36. The molecule has 1 aliphatic carbocycles. The molecule has 0 saturated heterocycles. The van der Waals surface area contributed by atoms with E-state index in [9.17, 15) is 8.78 Å². The highest BCUT2D eigenvalue weighted by atomic mass is 32.2. The molecule has 1 aromatic carbocycles. The largest absolute Gasteiger partial charge is 0.474 e. The zero-order valence-electron chi connectivity index (χ0n) is 15.1. The molecular weight excluding hydrogens is 352 g/mol. The van der Waals surface area contributed by atoms with Crippen LogP contribution in [0.2, 0.25) is 0 Å². The Hall–Kier alpha value is -1.62. The fraction of sp³-hybridized carbons (Fsp3) is 0.476. The molecule has 1 heterocycles. The maximum absolute atomic E-state index is 14.5. The lowest BCUT2D eigenvalue weighted by atomic mass is 10.1. The average molecular weight is 378 g/mol. The van der Waals surface area contributed by atoms with Crippen LogP contribution < -0.4 is 4.74 Å². The summed E-state index contributed by atoms with van der Waals surface area (Å²) in [6, 6.07) is 6.35. The van der Waals surface area contributed by atoms with Crippen LogP contribution in [0.15, 0.2) is 35.4 Å². The second-order valence-electron chi connectivity index (χ2n) is 6.71. The number of benzene rings is 1. The predicted octanol–water partition coefficient (Wildman–Crippen LogP) is 6.63. The summed E-state index contributed by atoms with van der Waals surface area (Å²) in [5.74, 6) is 0.153. The SMILES string of the molecule is CCCCCSc1c(F)cc(-c2cccnc2OC2CCCC2)cc1F. The highest BCUT2D eigenvalue weighted by Gasteiger charge is 2.20. The minimum atomic E-state index is -0.517. The predicted molar refractivity (Wildman–Crippen MR) is 103 cm³/mol. The van der Waals surface area contributed by atoms with Crippen molar-refractivity contribution in [2.75, 3.05) is 5.75 Å². The number of hydrogen-bond donors (Lipinski definition) is 0. The molecule has 2 nitrogen and oxygen atoms in total. The van der Waals surface area contributed by atoms with Crippen molar-refractivity contribution in [2.24, 2.45) is 0 Å². The summed E-state index contributed by atoms with van der Waals surface area (Å²) in [7, 11) is 0. The molecule has 0 spiro atoms. The van der Waals surface area contributed by atoms with Crippen molar-refractivity contribution in [1.29, 1.82) is 0 Å². The van der Waals surface area contributed by atoms with Crippen LogP contribution in [0, 0.1) is 11.6 Å². The molecular formula is C21H25F2NOS. The average Bonchev–Trinajstić information content (AvgIpc) is 3.14. The van der Waals surface area contributed by atoms with Crippen molar-refractivity contribution in [3.8, 4) is 17.0 Å². The Bertz CT molecular complexity index is 709. The minimum Gasteiger partial charge on any atom is -0.474 e. The van der Waals surface area contributed by atoms with Gasteiger partial charge in [-0.1, -0.05) is 19.8 Å². The summed E-state index contributed by atoms with van der Waals surface area (Å²) >= 11 is 1.25. The van der Waals surface area contributed by atoms with E-state index < -0.39 is 11.6 Å². The monoisotopic (exact) mass is 377 g/mol. The van der Waals surface area contributed by atoms with Gasteiger partial charge in [0.25, 0.3) is 0 Å². The Labute approximate surface area is 158 Å². The summed E-state index contributed by atoms with van der Waals surface area (Å²) in [5.41, 5.74) is 1.11. The number of rotatable bonds is 8. The van der Waals surface area contributed by atoms with Crippen LogP contribution in [-0.2, 0) is 0 Å². The fourth-order valence-electron chi connectivity index (χ4n) is 3.25. The molecule has 0 atom stereocenters. The quantitative estimate of drug-likeness (QED) is 0.381. The van der Waals surface area contributed by atoms with Gasteiger partial charge in [0.2, 0.25) is 5.88 Å². The number of hydrogen-bond acceptors (Lipinski definition) is 3. The Morgan fingerprint density at radius 2 is 1.88 bits per heavy atom. The van der Waals surface area contributed by atoms with Crippen LogP contribution in [-0.4, -0.2) is 16.8 Å². The van der Waals surface area contributed by atoms with Crippen molar-refractivity contribution in [1.82, 2.24) is 4.98 Å². The Balaban J connectivity index is 1.81. The van der Waals surface area contributed by atoms with Gasteiger partial charge in [-0.15, -0.1) is 11.8 Å². The Morgan fingerprint density at radius 3 is 2.58 bits per heavy atom. The van der Waals surface area contributed by atoms with E-state index >= 15 is 0 Å². The standard InChI is InChI=1S/C21H25F2NOS/c1-2-3-6-12-26-20-18(22)13-15(14-19(20)23)17-10-7-11-24-21(17)25-16-8-4-5-9-16/h7,10-11,13-14,16H,2-6,8-9,12H2,1H3. The third kappa shape index (κ3) is 4.76. The highest BCUT2D eigenvalue weighted by molar-refractivity contribution is 7.99. The van der Waals surface area contributed by atoms with E-state index in [1.54, 1.807) is 18.3 Å². The molecule has 1 aliphatic rings. The second-order valence-corrected chi connectivity index (χ2v) is 7.81. The molecule has 0 unspecified atom stereocenters. The van der Waals surface area contributed by atoms with Crippen molar-refractivity contribution in [2.45, 2.75) is 62.9 Å². The van der Waals surface area contributed by atoms with Gasteiger partial charge < -0.3 is 4.74 Å². The maximum atomic E-state index is 14.5. The van der Waals surface area contributed by atoms with Crippen LogP contribution in [0.25, 0.3) is 11.1 Å². The zero-order valence-corrected chi connectivity index (χ0v) is 16.0. The molecule has 1 fully saturated rings. The summed E-state index contributed by atoms with van der Waals surface area (Å²) in [4.78, 5) is 4.40. The fourth-order valence-corrected chi connectivity index (χ4v) is 4.19. The summed E-state index contributed by atoms with van der Waals surface area (Å²) in [6.45, 7) is 2.11. The maximum Gasteiger partial charge on any atom is 0.221 e. The molecule has 1 aromatic heterocycles. The molecule has 26 heavy (non-hydrogen) atoms. The normalized spacial score (nSPS) is 14.7. The molecule has 140 valence electrons. The molecule has 0 N–H and O–H groups in total. The first-order valence-corrected chi connectivity index (χ1v) is 10.4. The summed E-state index contributed by atoms with van der Waals surface area (Å²) < 4.78 is 35.0. The first kappa shape index (κ1) is 19.2. The van der Waals surface area contributed by atoms with E-state index in [1.807, 2.05) is 0 Å². The number of thioether (sulfide) groups is 1. The van der Waals surface area contributed by atoms with Gasteiger partial charge in [0.15, 0.2) is 0 Å². The number of aromatic nitrogens is 1. The van der Waals surface area contributed by atoms with E-state index in [4.69, 9.17) is 4.74 Å². The first-order valence-electron chi connectivity index (χ1n) is 9.43. The lowest BCUT2D eigenvalue weighted by Crippen LogP contribution is -2.12. The number of nitrogens with zero attached hydrogens (tertiary/aromatic N) is 1. The van der Waals surface area contributed by atoms with Gasteiger partial charge >= 0.3 is 0 Å². The van der Waals surface area contributed by atoms with Gasteiger partial charge in [-0.05, 0) is 67.7 Å². The van der Waals surface area contributed by atoms with Crippen LogP contribution in [0.3, 0.4) is 0 Å². The van der Waals surface area contributed by atoms with Crippen molar-refractivity contribution in [3.63, 3.8) is 0 Å². The molecule has 0 aliphatic heterocycles. The van der Waals surface area contributed by atoms with Crippen LogP contribution >= 0.6 is 11.8 Å². The molecule has 5 heteroatoms. The first-order chi connectivity index (χ1) is 12.7. The molecule has 0 bridgehead atoms. The molecule has 1 saturated carbocycles. The van der Waals surface area contributed by atoms with Gasteiger partial charge in [0.05, 0.1) is 4.90 Å². The summed E-state index contributed by atoms with van der Waals surface area (Å²) in [5, 5.41) is 0. The number of unbranched alkanes of at least 4 members (excludes halogenated alkanes) is 2. The molecule has 2 aromatic rings. The summed E-state index contributed by atoms with van der Waals surface area (Å²) in [6.07, 6.45) is 9.24. The number of pyridine rings is 1. The van der Waals surface area contributed by atoms with Crippen LogP contribution in [0.4, 0.5) is 8.78 Å². The molecule has 0 amide bonds. The van der Waals surface area contributed by atoms with Gasteiger partial charge in [0, 0.05) is 11.8 Å². The third-order valence-electron chi connectivity index (χ3n) is 4.66. The van der Waals surface area contributed by atoms with Crippen LogP contribution in [0.5, 0.6) is 5.88 Å². The van der Waals surface area contributed by atoms with E-state index in [2.05, 4.69) is 11.9 Å². The Kier molecular flexibility index (Phi) is 6.89. The van der Waals surface area contributed by atoms with E-state index in [0.29, 0.717) is 17.0 Å². The highest BCUT2D eigenvalue weighted by Crippen LogP contribution is 2.35. The van der Waals surface area contributed by atoms with Gasteiger partial charge in [-0.2, -0.15) is 0 Å². The molecule has 0 radical (unpaired) electrons. The van der Waals surface area contributed by atoms with Crippen molar-refractivity contribution in [3.05, 3.63) is 42.1 Å². The third-order valence-corrected chi connectivity index (χ3v) is 5.83. The van der Waals surface area contributed by atoms with Crippen molar-refractivity contribution < 1.29 is 13.5 Å². The lowest BCUT2D eigenvalue weighted by molar-refractivity contribution is 0.202. The van der Waals surface area contributed by atoms with Crippen LogP contribution in [0.1, 0.15) is 51.9 Å². The van der Waals surface area contributed by atoms with Crippen molar-refractivity contribution >= 4 is 11.8 Å². The number of ether oxygens (including phenoxy) is 1.